The molecule has 7 heteroatoms. The minimum atomic E-state index is -0.583. The summed E-state index contributed by atoms with van der Waals surface area (Å²) in [6.07, 6.45) is 1.05. The SMILES string of the molecule is COc1ccc(N(c2ccc(OC)cc2)c2nc(N)ncc2F)cc1. The lowest BCUT2D eigenvalue weighted by atomic mass is 10.2. The van der Waals surface area contributed by atoms with E-state index in [2.05, 4.69) is 9.97 Å². The third kappa shape index (κ3) is 3.45. The summed E-state index contributed by atoms with van der Waals surface area (Å²) in [5.41, 5.74) is 7.05. The molecule has 0 spiro atoms. The van der Waals surface area contributed by atoms with Gasteiger partial charge in [-0.05, 0) is 48.5 Å². The number of hydrogen-bond donors (Lipinski definition) is 1. The summed E-state index contributed by atoms with van der Waals surface area (Å²) < 4.78 is 24.8. The van der Waals surface area contributed by atoms with Crippen LogP contribution >= 0.6 is 0 Å². The second-order valence-corrected chi connectivity index (χ2v) is 5.13. The van der Waals surface area contributed by atoms with E-state index in [0.717, 1.165) is 6.20 Å². The number of hydrogen-bond acceptors (Lipinski definition) is 6. The van der Waals surface area contributed by atoms with Crippen LogP contribution < -0.4 is 20.1 Å². The van der Waals surface area contributed by atoms with Crippen LogP contribution in [0, 0.1) is 5.82 Å². The van der Waals surface area contributed by atoms with Gasteiger partial charge in [0.15, 0.2) is 11.6 Å². The molecule has 128 valence electrons. The van der Waals surface area contributed by atoms with Gasteiger partial charge in [-0.3, -0.25) is 4.90 Å². The number of methoxy groups -OCH3 is 2. The van der Waals surface area contributed by atoms with Crippen LogP contribution in [0.2, 0.25) is 0 Å². The van der Waals surface area contributed by atoms with Crippen LogP contribution in [0.4, 0.5) is 27.5 Å². The third-order valence-electron chi connectivity index (χ3n) is 3.62. The number of rotatable bonds is 5. The van der Waals surface area contributed by atoms with Crippen molar-refractivity contribution in [2.45, 2.75) is 0 Å². The van der Waals surface area contributed by atoms with Crippen molar-refractivity contribution in [1.82, 2.24) is 9.97 Å². The number of nitrogen functional groups attached to an aromatic ring is 1. The first-order valence-corrected chi connectivity index (χ1v) is 7.48. The predicted molar refractivity (Wildman–Crippen MR) is 94.2 cm³/mol. The van der Waals surface area contributed by atoms with Crippen LogP contribution in [0.25, 0.3) is 0 Å². The van der Waals surface area contributed by atoms with Gasteiger partial charge in [0.1, 0.15) is 11.5 Å². The van der Waals surface area contributed by atoms with E-state index in [4.69, 9.17) is 15.2 Å². The molecule has 1 heterocycles. The highest BCUT2D eigenvalue weighted by molar-refractivity contribution is 5.75. The van der Waals surface area contributed by atoms with Gasteiger partial charge < -0.3 is 15.2 Å². The second-order valence-electron chi connectivity index (χ2n) is 5.13. The molecule has 6 nitrogen and oxygen atoms in total. The highest BCUT2D eigenvalue weighted by Crippen LogP contribution is 2.36. The Morgan fingerprint density at radius 3 is 1.80 bits per heavy atom. The zero-order valence-electron chi connectivity index (χ0n) is 13.8. The predicted octanol–water partition coefficient (Wildman–Crippen LogP) is 3.68. The fraction of sp³-hybridized carbons (Fsp3) is 0.111. The topological polar surface area (TPSA) is 73.5 Å². The summed E-state index contributed by atoms with van der Waals surface area (Å²) in [7, 11) is 3.17. The molecule has 3 aromatic rings. The van der Waals surface area contributed by atoms with Crippen LogP contribution in [0.5, 0.6) is 11.5 Å². The van der Waals surface area contributed by atoms with Crippen molar-refractivity contribution < 1.29 is 13.9 Å². The fourth-order valence-corrected chi connectivity index (χ4v) is 2.38. The van der Waals surface area contributed by atoms with E-state index >= 15 is 0 Å². The Morgan fingerprint density at radius 1 is 0.880 bits per heavy atom. The Bertz CT molecular complexity index is 806. The highest BCUT2D eigenvalue weighted by Gasteiger charge is 2.19. The zero-order valence-corrected chi connectivity index (χ0v) is 13.8. The lowest BCUT2D eigenvalue weighted by molar-refractivity contribution is 0.415. The van der Waals surface area contributed by atoms with Gasteiger partial charge in [0.2, 0.25) is 5.95 Å². The van der Waals surface area contributed by atoms with Crippen LogP contribution in [-0.2, 0) is 0 Å². The van der Waals surface area contributed by atoms with Crippen LogP contribution in [0.1, 0.15) is 0 Å². The molecule has 0 radical (unpaired) electrons. The van der Waals surface area contributed by atoms with Gasteiger partial charge in [-0.15, -0.1) is 0 Å². The first-order valence-electron chi connectivity index (χ1n) is 7.48. The van der Waals surface area contributed by atoms with Crippen molar-refractivity contribution in [3.05, 3.63) is 60.5 Å². The van der Waals surface area contributed by atoms with Gasteiger partial charge in [-0.2, -0.15) is 4.98 Å². The number of ether oxygens (including phenoxy) is 2. The Kier molecular flexibility index (Phi) is 4.65. The summed E-state index contributed by atoms with van der Waals surface area (Å²) in [5, 5.41) is 0. The third-order valence-corrected chi connectivity index (χ3v) is 3.62. The quantitative estimate of drug-likeness (QED) is 0.764. The van der Waals surface area contributed by atoms with Crippen molar-refractivity contribution >= 4 is 23.1 Å². The lowest BCUT2D eigenvalue weighted by Gasteiger charge is -2.24. The van der Waals surface area contributed by atoms with Crippen molar-refractivity contribution in [3.8, 4) is 11.5 Å². The Hall–Kier alpha value is -3.35. The smallest absolute Gasteiger partial charge is 0.222 e. The molecule has 2 N–H and O–H groups in total. The van der Waals surface area contributed by atoms with E-state index in [0.29, 0.717) is 22.9 Å². The molecule has 0 saturated heterocycles. The molecule has 0 saturated carbocycles. The fourth-order valence-electron chi connectivity index (χ4n) is 2.38. The van der Waals surface area contributed by atoms with Gasteiger partial charge >= 0.3 is 0 Å². The molecule has 2 aromatic carbocycles. The average molecular weight is 340 g/mol. The summed E-state index contributed by atoms with van der Waals surface area (Å²) in [4.78, 5) is 9.40. The minimum Gasteiger partial charge on any atom is -0.497 e. The largest absolute Gasteiger partial charge is 0.497 e. The number of benzene rings is 2. The molecule has 3 rings (SSSR count). The minimum absolute atomic E-state index is 0.0107. The number of anilines is 4. The molecular weight excluding hydrogens is 323 g/mol. The molecule has 0 fully saturated rings. The normalized spacial score (nSPS) is 10.4. The molecule has 0 atom stereocenters. The number of aromatic nitrogens is 2. The average Bonchev–Trinajstić information content (AvgIpc) is 2.66. The van der Waals surface area contributed by atoms with Crippen molar-refractivity contribution in [2.75, 3.05) is 24.9 Å². The van der Waals surface area contributed by atoms with E-state index in [9.17, 15) is 4.39 Å². The van der Waals surface area contributed by atoms with Crippen LogP contribution in [-0.4, -0.2) is 24.2 Å². The maximum Gasteiger partial charge on any atom is 0.222 e. The maximum atomic E-state index is 14.4. The molecule has 0 bridgehead atoms. The van der Waals surface area contributed by atoms with Crippen molar-refractivity contribution in [2.24, 2.45) is 0 Å². The van der Waals surface area contributed by atoms with Crippen molar-refractivity contribution in [1.29, 1.82) is 0 Å². The highest BCUT2D eigenvalue weighted by atomic mass is 19.1. The standard InChI is InChI=1S/C18H17FN4O2/c1-24-14-7-3-12(4-8-14)23(13-5-9-15(25-2)10-6-13)17-16(19)11-21-18(20)22-17/h3-11H,1-2H3,(H2,20,21,22). The van der Waals surface area contributed by atoms with Gasteiger partial charge in [0, 0.05) is 11.4 Å². The first-order chi connectivity index (χ1) is 12.1. The van der Waals surface area contributed by atoms with Crippen LogP contribution in [0.3, 0.4) is 0 Å². The zero-order chi connectivity index (χ0) is 17.8. The summed E-state index contributed by atoms with van der Waals surface area (Å²) >= 11 is 0. The van der Waals surface area contributed by atoms with E-state index in [1.807, 2.05) is 0 Å². The molecule has 0 unspecified atom stereocenters. The van der Waals surface area contributed by atoms with E-state index in [1.54, 1.807) is 67.7 Å². The molecule has 0 aliphatic heterocycles. The Morgan fingerprint density at radius 2 is 1.36 bits per heavy atom. The summed E-state index contributed by atoms with van der Waals surface area (Å²) in [5.74, 6) is 0.856. The molecule has 0 amide bonds. The maximum absolute atomic E-state index is 14.4. The number of nitrogens with two attached hydrogens (primary N) is 1. The molecule has 1 aromatic heterocycles. The Labute approximate surface area is 144 Å². The molecule has 0 aliphatic carbocycles. The van der Waals surface area contributed by atoms with Gasteiger partial charge in [-0.25, -0.2) is 9.37 Å². The van der Waals surface area contributed by atoms with Gasteiger partial charge in [0.25, 0.3) is 0 Å². The number of nitrogens with zero attached hydrogens (tertiary/aromatic N) is 3. The first kappa shape index (κ1) is 16.5. The summed E-state index contributed by atoms with van der Waals surface area (Å²) in [6, 6.07) is 14.4. The number of halogens is 1. The second kappa shape index (κ2) is 7.04. The Balaban J connectivity index is 2.13. The van der Waals surface area contributed by atoms with E-state index in [-0.39, 0.29) is 11.8 Å². The monoisotopic (exact) mass is 340 g/mol. The van der Waals surface area contributed by atoms with E-state index < -0.39 is 5.82 Å². The lowest BCUT2D eigenvalue weighted by Crippen LogP contribution is -2.15. The van der Waals surface area contributed by atoms with Gasteiger partial charge in [-0.1, -0.05) is 0 Å². The molecular formula is C18H17FN4O2. The van der Waals surface area contributed by atoms with Gasteiger partial charge in [0.05, 0.1) is 20.4 Å². The van der Waals surface area contributed by atoms with E-state index in [1.165, 1.54) is 0 Å². The van der Waals surface area contributed by atoms with Crippen LogP contribution in [0.15, 0.2) is 54.7 Å². The molecule has 25 heavy (non-hydrogen) atoms. The molecule has 0 aliphatic rings. The summed E-state index contributed by atoms with van der Waals surface area (Å²) in [6.45, 7) is 0. The van der Waals surface area contributed by atoms with Crippen molar-refractivity contribution in [3.63, 3.8) is 0 Å².